The Kier molecular flexibility index (Phi) is 2.64. The predicted octanol–water partition coefficient (Wildman–Crippen LogP) is 1.35. The molecule has 1 heterocycles. The second-order valence-electron chi connectivity index (χ2n) is 3.31. The molecule has 5 nitrogen and oxygen atoms in total. The molecule has 15 heavy (non-hydrogen) atoms. The zero-order valence-corrected chi connectivity index (χ0v) is 8.13. The maximum Gasteiger partial charge on any atom is 0.222 e. The molecule has 0 bridgehead atoms. The average Bonchev–Trinajstić information content (AvgIpc) is 2.65. The molecule has 1 atom stereocenters. The highest BCUT2D eigenvalue weighted by atomic mass is 16.5. The third-order valence-corrected chi connectivity index (χ3v) is 2.12. The van der Waals surface area contributed by atoms with E-state index in [9.17, 15) is 0 Å². The smallest absolute Gasteiger partial charge is 0.222 e. The van der Waals surface area contributed by atoms with Crippen molar-refractivity contribution in [3.63, 3.8) is 0 Å². The number of hydrogen-bond acceptors (Lipinski definition) is 3. The van der Waals surface area contributed by atoms with Crippen LogP contribution in [0.4, 0.5) is 5.88 Å². The fraction of sp³-hybridized carbons (Fsp3) is 0.200. The van der Waals surface area contributed by atoms with Gasteiger partial charge in [0.05, 0.1) is 6.04 Å². The third kappa shape index (κ3) is 2.32. The maximum absolute atomic E-state index is 7.17. The van der Waals surface area contributed by atoms with Gasteiger partial charge in [0.2, 0.25) is 6.20 Å². The second-order valence-corrected chi connectivity index (χ2v) is 3.31. The summed E-state index contributed by atoms with van der Waals surface area (Å²) in [6, 6.07) is 9.62. The Morgan fingerprint density at radius 3 is 2.73 bits per heavy atom. The number of aromatic nitrogens is 2. The van der Waals surface area contributed by atoms with Gasteiger partial charge in [-0.1, -0.05) is 35.0 Å². The number of nitrogens with one attached hydrogen (secondary N) is 1. The molecule has 0 aliphatic carbocycles. The highest BCUT2D eigenvalue weighted by molar-refractivity contribution is 5.20. The minimum absolute atomic E-state index is 0.0373. The summed E-state index contributed by atoms with van der Waals surface area (Å²) >= 11 is 0. The molecular formula is C10H12N4O. The zero-order valence-electron chi connectivity index (χ0n) is 8.13. The number of hydrogen-bond donors (Lipinski definition) is 1. The lowest BCUT2D eigenvalue weighted by Crippen LogP contribution is -2.40. The van der Waals surface area contributed by atoms with Gasteiger partial charge in [-0.15, -0.1) is 0 Å². The summed E-state index contributed by atoms with van der Waals surface area (Å²) in [7, 11) is 0. The Morgan fingerprint density at radius 1 is 1.40 bits per heavy atom. The molecule has 0 saturated heterocycles. The van der Waals surface area contributed by atoms with Crippen LogP contribution in [0.5, 0.6) is 0 Å². The minimum Gasteiger partial charge on any atom is -0.660 e. The Bertz CT molecular complexity index is 426. The van der Waals surface area contributed by atoms with Crippen LogP contribution in [0.3, 0.4) is 0 Å². The molecule has 1 aromatic carbocycles. The van der Waals surface area contributed by atoms with E-state index in [1.165, 1.54) is 10.9 Å². The largest absolute Gasteiger partial charge is 0.660 e. The lowest BCUT2D eigenvalue weighted by molar-refractivity contribution is -0.764. The highest BCUT2D eigenvalue weighted by Gasteiger charge is 2.14. The van der Waals surface area contributed by atoms with Crippen LogP contribution in [-0.4, -0.2) is 5.27 Å². The van der Waals surface area contributed by atoms with Crippen LogP contribution in [0.2, 0.25) is 0 Å². The van der Waals surface area contributed by atoms with Crippen LogP contribution in [0.25, 0.3) is 5.73 Å². The predicted molar refractivity (Wildman–Crippen MR) is 54.1 cm³/mol. The Labute approximate surface area is 87.3 Å². The van der Waals surface area contributed by atoms with Crippen molar-refractivity contribution in [2.45, 2.75) is 12.6 Å². The molecule has 0 aliphatic heterocycles. The van der Waals surface area contributed by atoms with E-state index in [4.69, 9.17) is 11.5 Å². The van der Waals surface area contributed by atoms with E-state index in [2.05, 4.69) is 9.79 Å². The number of rotatable bonds is 3. The molecule has 5 heteroatoms. The molecule has 78 valence electrons. The van der Waals surface area contributed by atoms with Crippen LogP contribution in [0.15, 0.2) is 41.1 Å². The average molecular weight is 204 g/mol. The van der Waals surface area contributed by atoms with Gasteiger partial charge in [-0.3, -0.25) is 0 Å². The fourth-order valence-corrected chi connectivity index (χ4v) is 1.37. The molecule has 0 aliphatic rings. The van der Waals surface area contributed by atoms with Crippen molar-refractivity contribution in [3.05, 3.63) is 47.8 Å². The van der Waals surface area contributed by atoms with Crippen molar-refractivity contribution in [2.24, 2.45) is 5.73 Å². The maximum atomic E-state index is 7.17. The molecule has 0 fully saturated rings. The van der Waals surface area contributed by atoms with Gasteiger partial charge >= 0.3 is 0 Å². The molecular weight excluding hydrogens is 192 g/mol. The van der Waals surface area contributed by atoms with E-state index < -0.39 is 0 Å². The van der Waals surface area contributed by atoms with Gasteiger partial charge in [0.15, 0.2) is 11.8 Å². The van der Waals surface area contributed by atoms with E-state index in [-0.39, 0.29) is 11.9 Å². The van der Waals surface area contributed by atoms with Crippen LogP contribution in [0, 0.1) is 0 Å². The molecule has 0 amide bonds. The molecule has 2 rings (SSSR count). The SMILES string of the molecule is [NH-]c1c[n+](CC(N)c2ccccc2)no1. The summed E-state index contributed by atoms with van der Waals surface area (Å²) < 4.78 is 6.15. The van der Waals surface area contributed by atoms with Gasteiger partial charge in [0.25, 0.3) is 0 Å². The van der Waals surface area contributed by atoms with Gasteiger partial charge in [-0.25, -0.2) is 0 Å². The summed E-state index contributed by atoms with van der Waals surface area (Å²) in [5.74, 6) is 0.0373. The van der Waals surface area contributed by atoms with Crippen LogP contribution in [0.1, 0.15) is 11.6 Å². The van der Waals surface area contributed by atoms with E-state index in [1.807, 2.05) is 30.3 Å². The number of nitrogens with zero attached hydrogens (tertiary/aromatic N) is 2. The van der Waals surface area contributed by atoms with Crippen molar-refractivity contribution in [3.8, 4) is 0 Å². The van der Waals surface area contributed by atoms with Gasteiger partial charge in [-0.2, -0.15) is 0 Å². The molecule has 1 aromatic heterocycles. The van der Waals surface area contributed by atoms with E-state index in [0.717, 1.165) is 5.56 Å². The van der Waals surface area contributed by atoms with Crippen LogP contribution < -0.4 is 10.4 Å². The summed E-state index contributed by atoms with van der Waals surface area (Å²) in [4.78, 5) is 0. The molecule has 0 radical (unpaired) electrons. The third-order valence-electron chi connectivity index (χ3n) is 2.12. The Balaban J connectivity index is 2.07. The molecule has 3 N–H and O–H groups in total. The van der Waals surface area contributed by atoms with Crippen molar-refractivity contribution in [1.82, 2.24) is 5.27 Å². The lowest BCUT2D eigenvalue weighted by atomic mass is 10.1. The highest BCUT2D eigenvalue weighted by Crippen LogP contribution is 2.09. The summed E-state index contributed by atoms with van der Waals surface area (Å²) in [6.45, 7) is 0.506. The Morgan fingerprint density at radius 2 is 2.13 bits per heavy atom. The normalized spacial score (nSPS) is 12.6. The first-order valence-electron chi connectivity index (χ1n) is 4.64. The van der Waals surface area contributed by atoms with Gasteiger partial charge in [-0.05, 0) is 5.56 Å². The fourth-order valence-electron chi connectivity index (χ4n) is 1.37. The van der Waals surface area contributed by atoms with Gasteiger partial charge in [0.1, 0.15) is 5.88 Å². The molecule has 1 unspecified atom stereocenters. The van der Waals surface area contributed by atoms with Crippen molar-refractivity contribution in [1.29, 1.82) is 0 Å². The van der Waals surface area contributed by atoms with Crippen LogP contribution in [-0.2, 0) is 6.54 Å². The zero-order chi connectivity index (χ0) is 10.7. The second kappa shape index (κ2) is 4.10. The van der Waals surface area contributed by atoms with Crippen molar-refractivity contribution < 1.29 is 9.20 Å². The molecule has 0 saturated carbocycles. The first kappa shape index (κ1) is 9.67. The Hall–Kier alpha value is -1.88. The van der Waals surface area contributed by atoms with E-state index >= 15 is 0 Å². The number of benzene rings is 1. The van der Waals surface area contributed by atoms with Crippen LogP contribution >= 0.6 is 0 Å². The quantitative estimate of drug-likeness (QED) is 0.766. The standard InChI is InChI=1S/C10H12N4O/c11-9(8-4-2-1-3-5-8)6-14-7-10(12)15-13-14/h1-5,7,9,12H,6,11H2. The van der Waals surface area contributed by atoms with Crippen molar-refractivity contribution in [2.75, 3.05) is 0 Å². The first-order valence-corrected chi connectivity index (χ1v) is 4.64. The summed E-state index contributed by atoms with van der Waals surface area (Å²) in [5, 5.41) is 3.66. The molecule has 2 aromatic rings. The van der Waals surface area contributed by atoms with Crippen molar-refractivity contribution >= 4 is 5.88 Å². The lowest BCUT2D eigenvalue weighted by Gasteiger charge is -2.05. The first-order chi connectivity index (χ1) is 7.25. The van der Waals surface area contributed by atoms with E-state index in [1.54, 1.807) is 0 Å². The van der Waals surface area contributed by atoms with Gasteiger partial charge < -0.3 is 16.0 Å². The monoisotopic (exact) mass is 204 g/mol. The number of nitrogens with two attached hydrogens (primary N) is 1. The molecule has 0 spiro atoms. The summed E-state index contributed by atoms with van der Waals surface area (Å²) in [5.41, 5.74) is 14.2. The van der Waals surface area contributed by atoms with Gasteiger partial charge in [0, 0.05) is 0 Å². The summed E-state index contributed by atoms with van der Waals surface area (Å²) in [6.07, 6.45) is 1.50. The minimum atomic E-state index is -0.138. The topological polar surface area (TPSA) is 79.7 Å². The van der Waals surface area contributed by atoms with E-state index in [0.29, 0.717) is 6.54 Å².